The molecule has 4 rings (SSSR count). The van der Waals surface area contributed by atoms with E-state index in [-0.39, 0.29) is 35.2 Å². The molecule has 0 fully saturated rings. The maximum absolute atomic E-state index is 14.5. The highest BCUT2D eigenvalue weighted by molar-refractivity contribution is 7.92. The zero-order valence-corrected chi connectivity index (χ0v) is 28.8. The van der Waals surface area contributed by atoms with Crippen molar-refractivity contribution < 1.29 is 31.9 Å². The second-order valence-corrected chi connectivity index (χ2v) is 13.8. The molecule has 1 atom stereocenters. The van der Waals surface area contributed by atoms with Crippen LogP contribution >= 0.6 is 11.6 Å². The fourth-order valence-electron chi connectivity index (χ4n) is 5.00. The van der Waals surface area contributed by atoms with Gasteiger partial charge < -0.3 is 19.7 Å². The number of amides is 2. The number of nitrogens with one attached hydrogen (secondary N) is 1. The number of sulfonamides is 1. The van der Waals surface area contributed by atoms with Gasteiger partial charge >= 0.3 is 0 Å². The lowest BCUT2D eigenvalue weighted by Gasteiger charge is -2.34. The molecule has 9 nitrogen and oxygen atoms in total. The Hall–Kier alpha value is -4.61. The number of hydrogen-bond acceptors (Lipinski definition) is 6. The largest absolute Gasteiger partial charge is 0.493 e. The first-order valence-electron chi connectivity index (χ1n) is 15.3. The highest BCUT2D eigenvalue weighted by atomic mass is 35.5. The lowest BCUT2D eigenvalue weighted by atomic mass is 10.0. The molecule has 0 saturated heterocycles. The van der Waals surface area contributed by atoms with Gasteiger partial charge in [0.25, 0.3) is 10.0 Å². The zero-order valence-electron chi connectivity index (χ0n) is 27.2. The van der Waals surface area contributed by atoms with Crippen molar-refractivity contribution in [3.05, 3.63) is 119 Å². The van der Waals surface area contributed by atoms with Crippen molar-refractivity contribution in [2.45, 2.75) is 37.8 Å². The molecule has 0 radical (unpaired) electrons. The number of halogens is 2. The summed E-state index contributed by atoms with van der Waals surface area (Å²) >= 11 is 6.14. The first-order chi connectivity index (χ1) is 22.9. The van der Waals surface area contributed by atoms with E-state index in [9.17, 15) is 22.4 Å². The zero-order chi connectivity index (χ0) is 34.8. The summed E-state index contributed by atoms with van der Waals surface area (Å²) in [6.07, 6.45) is 0.154. The molecule has 0 spiro atoms. The topological polar surface area (TPSA) is 105 Å². The third-order valence-electron chi connectivity index (χ3n) is 7.56. The van der Waals surface area contributed by atoms with E-state index in [4.69, 9.17) is 21.1 Å². The van der Waals surface area contributed by atoms with Gasteiger partial charge in [-0.05, 0) is 65.6 Å². The van der Waals surface area contributed by atoms with E-state index in [0.717, 1.165) is 9.87 Å². The third kappa shape index (κ3) is 9.26. The molecule has 1 N–H and O–H groups in total. The molecule has 48 heavy (non-hydrogen) atoms. The number of benzene rings is 4. The number of anilines is 1. The molecule has 0 saturated carbocycles. The Labute approximate surface area is 286 Å². The van der Waals surface area contributed by atoms with Gasteiger partial charge in [-0.3, -0.25) is 13.9 Å². The smallest absolute Gasteiger partial charge is 0.264 e. The number of hydrogen-bond donors (Lipinski definition) is 1. The molecule has 4 aromatic rings. The molecule has 0 aromatic heterocycles. The summed E-state index contributed by atoms with van der Waals surface area (Å²) in [7, 11) is -1.58. The van der Waals surface area contributed by atoms with Crippen molar-refractivity contribution >= 4 is 39.1 Å². The number of methoxy groups -OCH3 is 2. The van der Waals surface area contributed by atoms with Crippen LogP contribution in [0.2, 0.25) is 5.02 Å². The van der Waals surface area contributed by atoms with E-state index in [1.165, 1.54) is 85.8 Å². The summed E-state index contributed by atoms with van der Waals surface area (Å²) in [5, 5.41) is 3.31. The first kappa shape index (κ1) is 36.2. The van der Waals surface area contributed by atoms with Gasteiger partial charge in [-0.25, -0.2) is 12.8 Å². The molecule has 0 aliphatic carbocycles. The SMILES string of the molecule is COc1ccc(S(=O)(=O)N(CC(=O)N(Cc2ccc(F)cc2)C(Cc2ccccc2)C(=O)NCC(C)C)c2ccc(Cl)cc2)cc1OC. The van der Waals surface area contributed by atoms with E-state index in [1.54, 1.807) is 0 Å². The molecule has 254 valence electrons. The van der Waals surface area contributed by atoms with Crippen LogP contribution in [0.15, 0.2) is 102 Å². The third-order valence-corrected chi connectivity index (χ3v) is 9.58. The molecule has 0 aliphatic heterocycles. The van der Waals surface area contributed by atoms with Crippen molar-refractivity contribution in [3.63, 3.8) is 0 Å². The minimum Gasteiger partial charge on any atom is -0.493 e. The highest BCUT2D eigenvalue weighted by Gasteiger charge is 2.35. The van der Waals surface area contributed by atoms with Gasteiger partial charge in [0.15, 0.2) is 11.5 Å². The molecule has 2 amide bonds. The normalized spacial score (nSPS) is 11.9. The highest BCUT2D eigenvalue weighted by Crippen LogP contribution is 2.33. The van der Waals surface area contributed by atoms with E-state index in [2.05, 4.69) is 5.32 Å². The average molecular weight is 696 g/mol. The van der Waals surface area contributed by atoms with Crippen molar-refractivity contribution in [1.29, 1.82) is 0 Å². The standard InChI is InChI=1S/C36H39ClFN3O6S/c1-25(2)22-39-36(43)32(20-26-8-6-5-7-9-26)40(23-27-10-14-29(38)15-11-27)35(42)24-41(30-16-12-28(37)13-17-30)48(44,45)31-18-19-33(46-3)34(21-31)47-4/h5-19,21,25,32H,20,22-24H2,1-4H3,(H,39,43). The van der Waals surface area contributed by atoms with Crippen LogP contribution in [0.3, 0.4) is 0 Å². The molecular weight excluding hydrogens is 657 g/mol. The minimum absolute atomic E-state index is 0.0867. The van der Waals surface area contributed by atoms with E-state index in [0.29, 0.717) is 22.9 Å². The van der Waals surface area contributed by atoms with Crippen LogP contribution in [0.5, 0.6) is 11.5 Å². The molecule has 0 aliphatic rings. The fourth-order valence-corrected chi connectivity index (χ4v) is 6.56. The predicted molar refractivity (Wildman–Crippen MR) is 184 cm³/mol. The number of carbonyl (C=O) groups is 2. The monoisotopic (exact) mass is 695 g/mol. The summed E-state index contributed by atoms with van der Waals surface area (Å²) in [5.41, 5.74) is 1.53. The Morgan fingerprint density at radius 3 is 2.10 bits per heavy atom. The van der Waals surface area contributed by atoms with Crippen LogP contribution in [0.4, 0.5) is 10.1 Å². The second-order valence-electron chi connectivity index (χ2n) is 11.5. The van der Waals surface area contributed by atoms with Crippen LogP contribution < -0.4 is 19.1 Å². The van der Waals surface area contributed by atoms with Gasteiger partial charge in [0.2, 0.25) is 11.8 Å². The number of nitrogens with zero attached hydrogens (tertiary/aromatic N) is 2. The summed E-state index contributed by atoms with van der Waals surface area (Å²) in [4.78, 5) is 29.6. The van der Waals surface area contributed by atoms with E-state index < -0.39 is 40.2 Å². The van der Waals surface area contributed by atoms with Crippen molar-refractivity contribution in [3.8, 4) is 11.5 Å². The van der Waals surface area contributed by atoms with Crippen LogP contribution in [-0.2, 0) is 32.6 Å². The molecular formula is C36H39ClFN3O6S. The van der Waals surface area contributed by atoms with Gasteiger partial charge in [-0.2, -0.15) is 0 Å². The molecule has 1 unspecified atom stereocenters. The predicted octanol–water partition coefficient (Wildman–Crippen LogP) is 6.10. The fraction of sp³-hybridized carbons (Fsp3) is 0.278. The molecule has 4 aromatic carbocycles. The summed E-state index contributed by atoms with van der Waals surface area (Å²) < 4.78 is 54.1. The van der Waals surface area contributed by atoms with Gasteiger partial charge in [-0.1, -0.05) is 67.9 Å². The first-order valence-corrected chi connectivity index (χ1v) is 17.1. The Kier molecular flexibility index (Phi) is 12.4. The van der Waals surface area contributed by atoms with Crippen molar-refractivity contribution in [1.82, 2.24) is 10.2 Å². The van der Waals surface area contributed by atoms with Crippen LogP contribution in [-0.4, -0.2) is 58.5 Å². The van der Waals surface area contributed by atoms with Crippen LogP contribution in [0.25, 0.3) is 0 Å². The summed E-state index contributed by atoms with van der Waals surface area (Å²) in [6, 6.07) is 24.0. The lowest BCUT2D eigenvalue weighted by Crippen LogP contribution is -2.53. The summed E-state index contributed by atoms with van der Waals surface area (Å²) in [6.45, 7) is 3.53. The minimum atomic E-state index is -4.40. The van der Waals surface area contributed by atoms with Crippen LogP contribution in [0, 0.1) is 11.7 Å². The Morgan fingerprint density at radius 2 is 1.50 bits per heavy atom. The Bertz CT molecular complexity index is 1790. The molecule has 0 heterocycles. The van der Waals surface area contributed by atoms with E-state index in [1.807, 2.05) is 44.2 Å². The maximum Gasteiger partial charge on any atom is 0.264 e. The van der Waals surface area contributed by atoms with Gasteiger partial charge in [-0.15, -0.1) is 0 Å². The van der Waals surface area contributed by atoms with E-state index >= 15 is 0 Å². The molecule has 0 bridgehead atoms. The number of rotatable bonds is 15. The molecule has 12 heteroatoms. The average Bonchev–Trinajstić information content (AvgIpc) is 3.08. The second kappa shape index (κ2) is 16.5. The van der Waals surface area contributed by atoms with Crippen molar-refractivity contribution in [2.75, 3.05) is 31.6 Å². The van der Waals surface area contributed by atoms with Crippen LogP contribution in [0.1, 0.15) is 25.0 Å². The quantitative estimate of drug-likeness (QED) is 0.161. The van der Waals surface area contributed by atoms with Gasteiger partial charge in [0.05, 0.1) is 24.8 Å². The maximum atomic E-state index is 14.5. The lowest BCUT2D eigenvalue weighted by molar-refractivity contribution is -0.140. The summed E-state index contributed by atoms with van der Waals surface area (Å²) in [5.74, 6) is -0.861. The Balaban J connectivity index is 1.81. The number of carbonyl (C=O) groups excluding carboxylic acids is 2. The van der Waals surface area contributed by atoms with Crippen molar-refractivity contribution in [2.24, 2.45) is 5.92 Å². The van der Waals surface area contributed by atoms with Gasteiger partial charge in [0, 0.05) is 30.6 Å². The number of ether oxygens (including phenoxy) is 2. The van der Waals surface area contributed by atoms with Gasteiger partial charge in [0.1, 0.15) is 18.4 Å². The Morgan fingerprint density at radius 1 is 0.854 bits per heavy atom.